The fraction of sp³-hybridized carbons (Fsp3) is 0.533. The van der Waals surface area contributed by atoms with Gasteiger partial charge in [-0.25, -0.2) is 0 Å². The van der Waals surface area contributed by atoms with E-state index >= 15 is 0 Å². The van der Waals surface area contributed by atoms with E-state index in [2.05, 4.69) is 19.2 Å². The molecule has 0 spiro atoms. The molecule has 1 atom stereocenters. The van der Waals surface area contributed by atoms with Crippen LogP contribution < -0.4 is 14.8 Å². The van der Waals surface area contributed by atoms with Crippen LogP contribution in [-0.4, -0.2) is 26.2 Å². The fourth-order valence-electron chi connectivity index (χ4n) is 2.05. The van der Waals surface area contributed by atoms with Gasteiger partial charge in [0.15, 0.2) is 0 Å². The summed E-state index contributed by atoms with van der Waals surface area (Å²) in [6.07, 6.45) is 0.949. The zero-order valence-corrected chi connectivity index (χ0v) is 12.3. The van der Waals surface area contributed by atoms with E-state index in [1.165, 1.54) is 0 Å². The molecule has 19 heavy (non-hydrogen) atoms. The Morgan fingerprint density at radius 3 is 2.42 bits per heavy atom. The first-order valence-corrected chi connectivity index (χ1v) is 6.50. The maximum Gasteiger partial charge on any atom is 0.255 e. The van der Waals surface area contributed by atoms with Crippen LogP contribution in [0.25, 0.3) is 0 Å². The molecule has 0 saturated heterocycles. The average Bonchev–Trinajstić information content (AvgIpc) is 2.36. The molecular weight excluding hydrogens is 242 g/mol. The maximum absolute atomic E-state index is 12.2. The molecule has 1 amide bonds. The van der Waals surface area contributed by atoms with Crippen molar-refractivity contribution in [1.82, 2.24) is 5.32 Å². The Bertz CT molecular complexity index is 429. The lowest BCUT2D eigenvalue weighted by Gasteiger charge is -2.17. The summed E-state index contributed by atoms with van der Waals surface area (Å²) < 4.78 is 10.3. The van der Waals surface area contributed by atoms with Crippen LogP contribution in [0.4, 0.5) is 0 Å². The second kappa shape index (κ2) is 7.02. The van der Waals surface area contributed by atoms with Gasteiger partial charge >= 0.3 is 0 Å². The molecule has 1 N–H and O–H groups in total. The van der Waals surface area contributed by atoms with E-state index in [1.807, 2.05) is 6.92 Å². The summed E-state index contributed by atoms with van der Waals surface area (Å²) in [6, 6.07) is 5.32. The standard InChI is InChI=1S/C15H23NO3/c1-10(2)8-11(3)16-15(17)13-7-6-12(18-4)9-14(13)19-5/h6-7,9-11H,8H2,1-5H3,(H,16,17). The smallest absolute Gasteiger partial charge is 0.255 e. The predicted octanol–water partition coefficient (Wildman–Crippen LogP) is 2.87. The van der Waals surface area contributed by atoms with E-state index in [0.717, 1.165) is 6.42 Å². The molecule has 1 aromatic rings. The number of benzene rings is 1. The van der Waals surface area contributed by atoms with E-state index in [0.29, 0.717) is 23.0 Å². The number of ether oxygens (including phenoxy) is 2. The highest BCUT2D eigenvalue weighted by Gasteiger charge is 2.15. The van der Waals surface area contributed by atoms with Gasteiger partial charge in [0.05, 0.1) is 19.8 Å². The van der Waals surface area contributed by atoms with Gasteiger partial charge in [0.25, 0.3) is 5.91 Å². The molecule has 0 aliphatic rings. The minimum absolute atomic E-state index is 0.118. The third-order valence-corrected chi connectivity index (χ3v) is 2.86. The van der Waals surface area contributed by atoms with Crippen molar-refractivity contribution in [2.24, 2.45) is 5.92 Å². The monoisotopic (exact) mass is 265 g/mol. The summed E-state index contributed by atoms with van der Waals surface area (Å²) in [5.41, 5.74) is 0.527. The topological polar surface area (TPSA) is 47.6 Å². The molecule has 0 fully saturated rings. The van der Waals surface area contributed by atoms with Crippen molar-refractivity contribution in [2.75, 3.05) is 14.2 Å². The highest BCUT2D eigenvalue weighted by molar-refractivity contribution is 5.97. The van der Waals surface area contributed by atoms with Gasteiger partial charge < -0.3 is 14.8 Å². The first-order valence-electron chi connectivity index (χ1n) is 6.50. The SMILES string of the molecule is COc1ccc(C(=O)NC(C)CC(C)C)c(OC)c1. The van der Waals surface area contributed by atoms with Crippen LogP contribution in [-0.2, 0) is 0 Å². The second-order valence-electron chi connectivity index (χ2n) is 5.07. The lowest BCUT2D eigenvalue weighted by atomic mass is 10.0. The van der Waals surface area contributed by atoms with Gasteiger partial charge in [0.2, 0.25) is 0 Å². The van der Waals surface area contributed by atoms with Gasteiger partial charge in [-0.1, -0.05) is 13.8 Å². The van der Waals surface area contributed by atoms with Crippen molar-refractivity contribution in [1.29, 1.82) is 0 Å². The van der Waals surface area contributed by atoms with Gasteiger partial charge in [-0.15, -0.1) is 0 Å². The van der Waals surface area contributed by atoms with Gasteiger partial charge in [-0.2, -0.15) is 0 Å². The molecule has 0 aromatic heterocycles. The Morgan fingerprint density at radius 1 is 1.21 bits per heavy atom. The summed E-state index contributed by atoms with van der Waals surface area (Å²) >= 11 is 0. The zero-order chi connectivity index (χ0) is 14.4. The van der Waals surface area contributed by atoms with E-state index in [9.17, 15) is 4.79 Å². The maximum atomic E-state index is 12.2. The number of carbonyl (C=O) groups excluding carboxylic acids is 1. The Hall–Kier alpha value is -1.71. The molecule has 0 aliphatic carbocycles. The Kier molecular flexibility index (Phi) is 5.67. The molecule has 0 aliphatic heterocycles. The van der Waals surface area contributed by atoms with Gasteiger partial charge in [0.1, 0.15) is 11.5 Å². The molecule has 0 bridgehead atoms. The van der Waals surface area contributed by atoms with Crippen molar-refractivity contribution in [3.63, 3.8) is 0 Å². The van der Waals surface area contributed by atoms with Crippen LogP contribution >= 0.6 is 0 Å². The Morgan fingerprint density at radius 2 is 1.89 bits per heavy atom. The Labute approximate surface area is 115 Å². The number of methoxy groups -OCH3 is 2. The first-order chi connectivity index (χ1) is 8.97. The quantitative estimate of drug-likeness (QED) is 0.860. The van der Waals surface area contributed by atoms with Crippen LogP contribution in [0.2, 0.25) is 0 Å². The average molecular weight is 265 g/mol. The summed E-state index contributed by atoms with van der Waals surface area (Å²) in [5, 5.41) is 2.98. The van der Waals surface area contributed by atoms with E-state index in [-0.39, 0.29) is 11.9 Å². The number of nitrogens with one attached hydrogen (secondary N) is 1. The Balaban J connectivity index is 2.81. The number of hydrogen-bond donors (Lipinski definition) is 1. The molecule has 106 valence electrons. The molecule has 1 unspecified atom stereocenters. The minimum Gasteiger partial charge on any atom is -0.497 e. The van der Waals surface area contributed by atoms with Crippen molar-refractivity contribution in [3.8, 4) is 11.5 Å². The van der Waals surface area contributed by atoms with E-state index < -0.39 is 0 Å². The number of rotatable bonds is 6. The van der Waals surface area contributed by atoms with Crippen LogP contribution in [0, 0.1) is 5.92 Å². The third-order valence-electron chi connectivity index (χ3n) is 2.86. The van der Waals surface area contributed by atoms with Gasteiger partial charge in [-0.3, -0.25) is 4.79 Å². The predicted molar refractivity (Wildman–Crippen MR) is 75.9 cm³/mol. The largest absolute Gasteiger partial charge is 0.497 e. The summed E-state index contributed by atoms with van der Waals surface area (Å²) in [4.78, 5) is 12.2. The van der Waals surface area contributed by atoms with Crippen LogP contribution in [0.15, 0.2) is 18.2 Å². The highest BCUT2D eigenvalue weighted by atomic mass is 16.5. The highest BCUT2D eigenvalue weighted by Crippen LogP contribution is 2.24. The van der Waals surface area contributed by atoms with Gasteiger partial charge in [-0.05, 0) is 31.4 Å². The fourth-order valence-corrected chi connectivity index (χ4v) is 2.05. The molecule has 0 heterocycles. The normalized spacial score (nSPS) is 12.1. The number of hydrogen-bond acceptors (Lipinski definition) is 3. The van der Waals surface area contributed by atoms with Crippen LogP contribution in [0.1, 0.15) is 37.6 Å². The van der Waals surface area contributed by atoms with Crippen molar-refractivity contribution in [2.45, 2.75) is 33.2 Å². The molecule has 0 saturated carbocycles. The van der Waals surface area contributed by atoms with Crippen LogP contribution in [0.5, 0.6) is 11.5 Å². The van der Waals surface area contributed by atoms with Crippen LogP contribution in [0.3, 0.4) is 0 Å². The lowest BCUT2D eigenvalue weighted by molar-refractivity contribution is 0.0933. The van der Waals surface area contributed by atoms with Crippen molar-refractivity contribution < 1.29 is 14.3 Å². The van der Waals surface area contributed by atoms with Crippen molar-refractivity contribution in [3.05, 3.63) is 23.8 Å². The molecule has 1 aromatic carbocycles. The zero-order valence-electron chi connectivity index (χ0n) is 12.3. The summed E-state index contributed by atoms with van der Waals surface area (Å²) in [7, 11) is 3.13. The molecule has 4 nitrogen and oxygen atoms in total. The number of amides is 1. The van der Waals surface area contributed by atoms with Gasteiger partial charge in [0, 0.05) is 12.1 Å². The summed E-state index contributed by atoms with van der Waals surface area (Å²) in [5.74, 6) is 1.62. The minimum atomic E-state index is -0.118. The molecule has 0 radical (unpaired) electrons. The lowest BCUT2D eigenvalue weighted by Crippen LogP contribution is -2.33. The molecule has 1 rings (SSSR count). The van der Waals surface area contributed by atoms with Crippen molar-refractivity contribution >= 4 is 5.91 Å². The second-order valence-corrected chi connectivity index (χ2v) is 5.07. The van der Waals surface area contributed by atoms with E-state index in [1.54, 1.807) is 32.4 Å². The van der Waals surface area contributed by atoms with E-state index in [4.69, 9.17) is 9.47 Å². The first kappa shape index (κ1) is 15.3. The third kappa shape index (κ3) is 4.47. The summed E-state index contributed by atoms with van der Waals surface area (Å²) in [6.45, 7) is 6.28. The number of carbonyl (C=O) groups is 1. The molecule has 4 heteroatoms. The molecular formula is C15H23NO3.